The number of methoxy groups -OCH3 is 1. The molecule has 1 aromatic carbocycles. The van der Waals surface area contributed by atoms with Gasteiger partial charge in [-0.3, -0.25) is 19.7 Å². The van der Waals surface area contributed by atoms with Crippen molar-refractivity contribution in [2.75, 3.05) is 13.7 Å². The Morgan fingerprint density at radius 1 is 1.07 bits per heavy atom. The summed E-state index contributed by atoms with van der Waals surface area (Å²) in [6.07, 6.45) is 3.86. The highest BCUT2D eigenvalue weighted by atomic mass is 16.5. The summed E-state index contributed by atoms with van der Waals surface area (Å²) >= 11 is 0. The van der Waals surface area contributed by atoms with Crippen LogP contribution in [0.15, 0.2) is 24.3 Å². The minimum atomic E-state index is -1.17. The summed E-state index contributed by atoms with van der Waals surface area (Å²) < 4.78 is 9.97. The van der Waals surface area contributed by atoms with E-state index in [0.717, 1.165) is 32.1 Å². The van der Waals surface area contributed by atoms with Gasteiger partial charge in [-0.1, -0.05) is 19.3 Å². The maximum atomic E-state index is 12.0. The molecule has 0 spiro atoms. The SMILES string of the molecule is COc1ccc(C(=O)NCC(=O)O[C@@H](C)C(=O)NC(=O)NC2CCCCC2)cc1. The van der Waals surface area contributed by atoms with Gasteiger partial charge in [-0.05, 0) is 44.0 Å². The molecular weight excluding hydrogens is 378 g/mol. The largest absolute Gasteiger partial charge is 0.497 e. The second kappa shape index (κ2) is 11.0. The predicted octanol–water partition coefficient (Wildman–Crippen LogP) is 1.52. The molecule has 9 nitrogen and oxygen atoms in total. The maximum Gasteiger partial charge on any atom is 0.326 e. The van der Waals surface area contributed by atoms with Crippen molar-refractivity contribution < 1.29 is 28.7 Å². The number of urea groups is 1. The lowest BCUT2D eigenvalue weighted by Crippen LogP contribution is -2.48. The molecule has 1 saturated carbocycles. The van der Waals surface area contributed by atoms with E-state index in [9.17, 15) is 19.2 Å². The van der Waals surface area contributed by atoms with Crippen molar-refractivity contribution in [2.24, 2.45) is 0 Å². The van der Waals surface area contributed by atoms with Gasteiger partial charge in [0, 0.05) is 11.6 Å². The molecule has 0 heterocycles. The highest BCUT2D eigenvalue weighted by Gasteiger charge is 2.22. The zero-order valence-corrected chi connectivity index (χ0v) is 16.7. The minimum Gasteiger partial charge on any atom is -0.497 e. The number of carbonyl (C=O) groups is 4. The monoisotopic (exact) mass is 405 g/mol. The van der Waals surface area contributed by atoms with E-state index in [1.165, 1.54) is 14.0 Å². The summed E-state index contributed by atoms with van der Waals surface area (Å²) in [6.45, 7) is 0.948. The van der Waals surface area contributed by atoms with Crippen molar-refractivity contribution >= 4 is 23.8 Å². The highest BCUT2D eigenvalue weighted by molar-refractivity contribution is 5.98. The summed E-state index contributed by atoms with van der Waals surface area (Å²) in [7, 11) is 1.52. The van der Waals surface area contributed by atoms with Crippen molar-refractivity contribution in [3.63, 3.8) is 0 Å². The molecule has 158 valence electrons. The van der Waals surface area contributed by atoms with Crippen molar-refractivity contribution in [3.05, 3.63) is 29.8 Å². The average molecular weight is 405 g/mol. The highest BCUT2D eigenvalue weighted by Crippen LogP contribution is 2.17. The van der Waals surface area contributed by atoms with E-state index in [0.29, 0.717) is 11.3 Å². The van der Waals surface area contributed by atoms with E-state index in [1.54, 1.807) is 24.3 Å². The molecular formula is C20H27N3O6. The van der Waals surface area contributed by atoms with Crippen LogP contribution in [0.25, 0.3) is 0 Å². The lowest BCUT2D eigenvalue weighted by atomic mass is 9.96. The summed E-state index contributed by atoms with van der Waals surface area (Å²) in [6, 6.07) is 5.82. The van der Waals surface area contributed by atoms with Gasteiger partial charge in [-0.25, -0.2) is 4.79 Å². The summed E-state index contributed by atoms with van der Waals surface area (Å²) in [5.74, 6) is -1.38. The van der Waals surface area contributed by atoms with Gasteiger partial charge in [0.1, 0.15) is 12.3 Å². The number of carbonyl (C=O) groups excluding carboxylic acids is 4. The van der Waals surface area contributed by atoms with E-state index in [1.807, 2.05) is 0 Å². The van der Waals surface area contributed by atoms with Crippen LogP contribution in [0.2, 0.25) is 0 Å². The van der Waals surface area contributed by atoms with Crippen LogP contribution in [0.5, 0.6) is 5.75 Å². The first-order valence-corrected chi connectivity index (χ1v) is 9.62. The number of nitrogens with one attached hydrogen (secondary N) is 3. The number of rotatable bonds is 7. The number of hydrogen-bond acceptors (Lipinski definition) is 6. The van der Waals surface area contributed by atoms with Gasteiger partial charge in [0.25, 0.3) is 11.8 Å². The predicted molar refractivity (Wildman–Crippen MR) is 104 cm³/mol. The Morgan fingerprint density at radius 2 is 1.72 bits per heavy atom. The smallest absolute Gasteiger partial charge is 0.326 e. The van der Waals surface area contributed by atoms with Crippen molar-refractivity contribution in [3.8, 4) is 5.75 Å². The van der Waals surface area contributed by atoms with Gasteiger partial charge in [0.05, 0.1) is 7.11 Å². The second-order valence-corrected chi connectivity index (χ2v) is 6.84. The molecule has 1 aliphatic rings. The van der Waals surface area contributed by atoms with E-state index in [2.05, 4.69) is 16.0 Å². The summed E-state index contributed by atoms with van der Waals surface area (Å²) in [4.78, 5) is 47.8. The van der Waals surface area contributed by atoms with Gasteiger partial charge in [0.2, 0.25) is 0 Å². The Labute approximate surface area is 169 Å². The zero-order chi connectivity index (χ0) is 21.2. The summed E-state index contributed by atoms with van der Waals surface area (Å²) in [5.41, 5.74) is 0.351. The van der Waals surface area contributed by atoms with Crippen LogP contribution in [-0.2, 0) is 14.3 Å². The zero-order valence-electron chi connectivity index (χ0n) is 16.7. The Hall–Kier alpha value is -3.10. The molecule has 4 amide bonds. The first-order valence-electron chi connectivity index (χ1n) is 9.62. The van der Waals surface area contributed by atoms with Gasteiger partial charge >= 0.3 is 12.0 Å². The third-order valence-electron chi connectivity index (χ3n) is 4.60. The molecule has 0 bridgehead atoms. The molecule has 0 unspecified atom stereocenters. The lowest BCUT2D eigenvalue weighted by Gasteiger charge is -2.23. The number of imide groups is 1. The van der Waals surface area contributed by atoms with E-state index < -0.39 is 36.5 Å². The molecule has 0 radical (unpaired) electrons. The number of esters is 1. The van der Waals surface area contributed by atoms with Gasteiger partial charge < -0.3 is 20.1 Å². The first kappa shape index (κ1) is 22.2. The molecule has 2 rings (SSSR count). The van der Waals surface area contributed by atoms with E-state index in [-0.39, 0.29) is 6.04 Å². The molecule has 1 aliphatic carbocycles. The van der Waals surface area contributed by atoms with Crippen LogP contribution in [-0.4, -0.2) is 49.6 Å². The Balaban J connectivity index is 1.70. The fourth-order valence-corrected chi connectivity index (χ4v) is 2.97. The topological polar surface area (TPSA) is 123 Å². The molecule has 1 atom stereocenters. The molecule has 9 heteroatoms. The average Bonchev–Trinajstić information content (AvgIpc) is 2.72. The van der Waals surface area contributed by atoms with Crippen LogP contribution < -0.4 is 20.7 Å². The Kier molecular flexibility index (Phi) is 8.45. The van der Waals surface area contributed by atoms with Crippen molar-refractivity contribution in [1.29, 1.82) is 0 Å². The van der Waals surface area contributed by atoms with Crippen LogP contribution in [0, 0.1) is 0 Å². The molecule has 1 fully saturated rings. The van der Waals surface area contributed by atoms with Crippen LogP contribution in [0.4, 0.5) is 4.79 Å². The molecule has 29 heavy (non-hydrogen) atoms. The third-order valence-corrected chi connectivity index (χ3v) is 4.60. The van der Waals surface area contributed by atoms with Crippen molar-refractivity contribution in [2.45, 2.75) is 51.2 Å². The number of ether oxygens (including phenoxy) is 2. The van der Waals surface area contributed by atoms with Gasteiger partial charge in [0.15, 0.2) is 6.10 Å². The standard InChI is InChI=1S/C20H27N3O6/c1-13(18(25)23-20(27)22-15-6-4-3-5-7-15)29-17(24)12-21-19(26)14-8-10-16(28-2)11-9-14/h8-11,13,15H,3-7,12H2,1-2H3,(H,21,26)(H2,22,23,25,27)/t13-/m0/s1. The lowest BCUT2D eigenvalue weighted by molar-refractivity contribution is -0.153. The molecule has 3 N–H and O–H groups in total. The Bertz CT molecular complexity index is 728. The maximum absolute atomic E-state index is 12.0. The number of hydrogen-bond donors (Lipinski definition) is 3. The van der Waals surface area contributed by atoms with Crippen LogP contribution >= 0.6 is 0 Å². The van der Waals surface area contributed by atoms with Crippen LogP contribution in [0.1, 0.15) is 49.4 Å². The normalized spacial score (nSPS) is 15.0. The van der Waals surface area contributed by atoms with Crippen LogP contribution in [0.3, 0.4) is 0 Å². The third kappa shape index (κ3) is 7.44. The molecule has 0 aliphatic heterocycles. The van der Waals surface area contributed by atoms with Gasteiger partial charge in [-0.15, -0.1) is 0 Å². The summed E-state index contributed by atoms with van der Waals surface area (Å²) in [5, 5.41) is 7.33. The Morgan fingerprint density at radius 3 is 2.34 bits per heavy atom. The number of benzene rings is 1. The first-order chi connectivity index (χ1) is 13.9. The quantitative estimate of drug-likeness (QED) is 0.591. The van der Waals surface area contributed by atoms with E-state index in [4.69, 9.17) is 9.47 Å². The van der Waals surface area contributed by atoms with E-state index >= 15 is 0 Å². The van der Waals surface area contributed by atoms with Gasteiger partial charge in [-0.2, -0.15) is 0 Å². The second-order valence-electron chi connectivity index (χ2n) is 6.84. The fraction of sp³-hybridized carbons (Fsp3) is 0.500. The minimum absolute atomic E-state index is 0.0579. The number of amides is 4. The molecule has 1 aromatic rings. The fourth-order valence-electron chi connectivity index (χ4n) is 2.97. The molecule has 0 saturated heterocycles. The van der Waals surface area contributed by atoms with Crippen molar-refractivity contribution in [1.82, 2.24) is 16.0 Å². The molecule has 0 aromatic heterocycles.